The highest BCUT2D eigenvalue weighted by molar-refractivity contribution is 6.00. The summed E-state index contributed by atoms with van der Waals surface area (Å²) in [6.07, 6.45) is 0.0855. The number of nitrogens with zero attached hydrogens (tertiary/aromatic N) is 3. The molecule has 0 aliphatic carbocycles. The molecule has 5 heteroatoms. The van der Waals surface area contributed by atoms with E-state index in [1.165, 1.54) is 0 Å². The Hall–Kier alpha value is -1.26. The minimum atomic E-state index is 0.0855. The number of hydrogen-bond acceptors (Lipinski definition) is 3. The van der Waals surface area contributed by atoms with Gasteiger partial charge in [-0.1, -0.05) is 0 Å². The van der Waals surface area contributed by atoms with Crippen molar-refractivity contribution in [1.82, 2.24) is 15.5 Å². The van der Waals surface area contributed by atoms with E-state index in [0.717, 1.165) is 11.9 Å². The molecule has 5 nitrogen and oxygen atoms in total. The fourth-order valence-electron chi connectivity index (χ4n) is 0.936. The molecule has 0 spiro atoms. The molecular weight excluding hydrogens is 154 g/mol. The standard InChI is InChI=1S/C7H15N5/c1-5-9-6(8-2)11-7(10-5)12(3)4/h5H,1-4H3,(H2,8,9,10,11)/t5-/m0/s1. The van der Waals surface area contributed by atoms with Crippen LogP contribution in [0, 0.1) is 0 Å². The molecule has 0 radical (unpaired) electrons. The molecule has 12 heavy (non-hydrogen) atoms. The summed E-state index contributed by atoms with van der Waals surface area (Å²) in [5.74, 6) is 1.60. The lowest BCUT2D eigenvalue weighted by molar-refractivity contribution is 0.560. The van der Waals surface area contributed by atoms with Gasteiger partial charge in [0.25, 0.3) is 0 Å². The highest BCUT2D eigenvalue weighted by atomic mass is 15.4. The molecule has 0 saturated carbocycles. The number of nitrogens with one attached hydrogen (secondary N) is 2. The molecule has 0 aromatic rings. The van der Waals surface area contributed by atoms with E-state index in [1.54, 1.807) is 7.05 Å². The fraction of sp³-hybridized carbons (Fsp3) is 0.714. The molecule has 0 amide bonds. The summed E-state index contributed by atoms with van der Waals surface area (Å²) in [5.41, 5.74) is 0. The lowest BCUT2D eigenvalue weighted by Gasteiger charge is -2.26. The van der Waals surface area contributed by atoms with Gasteiger partial charge in [-0.3, -0.25) is 10.3 Å². The van der Waals surface area contributed by atoms with E-state index in [1.807, 2.05) is 25.9 Å². The van der Waals surface area contributed by atoms with Gasteiger partial charge in [0.15, 0.2) is 5.96 Å². The first kappa shape index (κ1) is 8.83. The molecule has 0 aromatic heterocycles. The summed E-state index contributed by atoms with van der Waals surface area (Å²) in [5, 5.41) is 6.12. The largest absolute Gasteiger partial charge is 0.349 e. The minimum absolute atomic E-state index is 0.0855. The first-order valence-electron chi connectivity index (χ1n) is 3.89. The Kier molecular flexibility index (Phi) is 2.52. The van der Waals surface area contributed by atoms with E-state index in [0.29, 0.717) is 0 Å². The van der Waals surface area contributed by atoms with E-state index < -0.39 is 0 Å². The summed E-state index contributed by atoms with van der Waals surface area (Å²) in [7, 11) is 5.62. The second kappa shape index (κ2) is 3.42. The molecule has 0 aromatic carbocycles. The molecule has 1 rings (SSSR count). The van der Waals surface area contributed by atoms with Crippen molar-refractivity contribution in [2.45, 2.75) is 13.1 Å². The van der Waals surface area contributed by atoms with Crippen molar-refractivity contribution in [2.75, 3.05) is 21.1 Å². The maximum absolute atomic E-state index is 4.32. The Morgan fingerprint density at radius 2 is 2.17 bits per heavy atom. The molecular formula is C7H15N5. The van der Waals surface area contributed by atoms with Crippen LogP contribution in [0.15, 0.2) is 9.98 Å². The normalized spacial score (nSPS) is 25.8. The zero-order valence-electron chi connectivity index (χ0n) is 7.92. The quantitative estimate of drug-likeness (QED) is 0.510. The highest BCUT2D eigenvalue weighted by Crippen LogP contribution is 1.93. The number of guanidine groups is 2. The third-order valence-corrected chi connectivity index (χ3v) is 1.54. The minimum Gasteiger partial charge on any atom is -0.349 e. The van der Waals surface area contributed by atoms with Gasteiger partial charge in [-0.15, -0.1) is 0 Å². The SMILES string of the molecule is CN=C1NC(N(C)C)=N[C@@H](C)N1. The number of rotatable bonds is 0. The number of aliphatic imine (C=N–C) groups is 2. The van der Waals surface area contributed by atoms with Crippen LogP contribution >= 0.6 is 0 Å². The second-order valence-corrected chi connectivity index (χ2v) is 2.86. The van der Waals surface area contributed by atoms with E-state index in [9.17, 15) is 0 Å². The van der Waals surface area contributed by atoms with Crippen LogP contribution in [-0.4, -0.2) is 44.1 Å². The van der Waals surface area contributed by atoms with Crippen molar-refractivity contribution in [2.24, 2.45) is 9.98 Å². The van der Waals surface area contributed by atoms with Crippen LogP contribution in [0.1, 0.15) is 6.92 Å². The molecule has 68 valence electrons. The Morgan fingerprint density at radius 1 is 1.50 bits per heavy atom. The zero-order chi connectivity index (χ0) is 9.14. The van der Waals surface area contributed by atoms with E-state index >= 15 is 0 Å². The summed E-state index contributed by atoms with van der Waals surface area (Å²) in [6, 6.07) is 0. The maximum atomic E-state index is 4.32. The monoisotopic (exact) mass is 169 g/mol. The Bertz CT molecular complexity index is 218. The van der Waals surface area contributed by atoms with Gasteiger partial charge in [0.1, 0.15) is 6.17 Å². The van der Waals surface area contributed by atoms with Gasteiger partial charge in [0, 0.05) is 21.1 Å². The Balaban J connectivity index is 2.76. The average molecular weight is 169 g/mol. The molecule has 0 saturated heterocycles. The molecule has 0 unspecified atom stereocenters. The highest BCUT2D eigenvalue weighted by Gasteiger charge is 2.14. The molecule has 1 aliphatic heterocycles. The van der Waals surface area contributed by atoms with Crippen LogP contribution in [0.3, 0.4) is 0 Å². The summed E-state index contributed by atoms with van der Waals surface area (Å²) in [4.78, 5) is 10.3. The van der Waals surface area contributed by atoms with E-state index in [4.69, 9.17) is 0 Å². The molecule has 0 fully saturated rings. The fourth-order valence-corrected chi connectivity index (χ4v) is 0.936. The predicted molar refractivity (Wildman–Crippen MR) is 50.2 cm³/mol. The predicted octanol–water partition coefficient (Wildman–Crippen LogP) is -0.571. The lowest BCUT2D eigenvalue weighted by Crippen LogP contribution is -2.53. The molecule has 0 bridgehead atoms. The third kappa shape index (κ3) is 1.87. The second-order valence-electron chi connectivity index (χ2n) is 2.86. The zero-order valence-corrected chi connectivity index (χ0v) is 7.92. The van der Waals surface area contributed by atoms with Crippen LogP contribution in [-0.2, 0) is 0 Å². The molecule has 2 N–H and O–H groups in total. The number of hydrogen-bond donors (Lipinski definition) is 2. The topological polar surface area (TPSA) is 52.0 Å². The van der Waals surface area contributed by atoms with Crippen LogP contribution in [0.25, 0.3) is 0 Å². The Morgan fingerprint density at radius 3 is 2.67 bits per heavy atom. The van der Waals surface area contributed by atoms with Gasteiger partial charge in [0.2, 0.25) is 5.96 Å². The lowest BCUT2D eigenvalue weighted by atomic mass is 10.5. The summed E-state index contributed by atoms with van der Waals surface area (Å²) in [6.45, 7) is 1.98. The van der Waals surface area contributed by atoms with Crippen LogP contribution in [0.4, 0.5) is 0 Å². The smallest absolute Gasteiger partial charge is 0.202 e. The van der Waals surface area contributed by atoms with E-state index in [-0.39, 0.29) is 6.17 Å². The van der Waals surface area contributed by atoms with Gasteiger partial charge < -0.3 is 10.2 Å². The molecule has 1 heterocycles. The van der Waals surface area contributed by atoms with Crippen LogP contribution < -0.4 is 10.6 Å². The summed E-state index contributed by atoms with van der Waals surface area (Å²) >= 11 is 0. The molecule has 1 atom stereocenters. The van der Waals surface area contributed by atoms with Crippen LogP contribution in [0.2, 0.25) is 0 Å². The first-order chi connectivity index (χ1) is 5.63. The van der Waals surface area contributed by atoms with Gasteiger partial charge >= 0.3 is 0 Å². The van der Waals surface area contributed by atoms with Gasteiger partial charge in [-0.2, -0.15) is 0 Å². The maximum Gasteiger partial charge on any atom is 0.202 e. The van der Waals surface area contributed by atoms with E-state index in [2.05, 4.69) is 20.6 Å². The van der Waals surface area contributed by atoms with Crippen molar-refractivity contribution in [3.05, 3.63) is 0 Å². The van der Waals surface area contributed by atoms with Crippen molar-refractivity contribution < 1.29 is 0 Å². The van der Waals surface area contributed by atoms with Gasteiger partial charge in [-0.25, -0.2) is 4.99 Å². The van der Waals surface area contributed by atoms with Crippen molar-refractivity contribution >= 4 is 11.9 Å². The van der Waals surface area contributed by atoms with Crippen molar-refractivity contribution in [3.8, 4) is 0 Å². The van der Waals surface area contributed by atoms with Gasteiger partial charge in [-0.05, 0) is 6.92 Å². The third-order valence-electron chi connectivity index (χ3n) is 1.54. The van der Waals surface area contributed by atoms with Gasteiger partial charge in [0.05, 0.1) is 0 Å². The van der Waals surface area contributed by atoms with Crippen molar-refractivity contribution in [3.63, 3.8) is 0 Å². The first-order valence-corrected chi connectivity index (χ1v) is 3.89. The van der Waals surface area contributed by atoms with Crippen molar-refractivity contribution in [1.29, 1.82) is 0 Å². The summed E-state index contributed by atoms with van der Waals surface area (Å²) < 4.78 is 0. The average Bonchev–Trinajstić information content (AvgIpc) is 2.03. The Labute approximate surface area is 72.6 Å². The van der Waals surface area contributed by atoms with Crippen LogP contribution in [0.5, 0.6) is 0 Å². The molecule has 1 aliphatic rings.